The summed E-state index contributed by atoms with van der Waals surface area (Å²) in [7, 11) is 2.01. The van der Waals surface area contributed by atoms with E-state index in [0.717, 1.165) is 25.2 Å². The molecule has 1 amide bonds. The van der Waals surface area contributed by atoms with Crippen molar-refractivity contribution < 1.29 is 9.18 Å². The van der Waals surface area contributed by atoms with Gasteiger partial charge in [-0.2, -0.15) is 0 Å². The highest BCUT2D eigenvalue weighted by Gasteiger charge is 2.22. The summed E-state index contributed by atoms with van der Waals surface area (Å²) in [5.41, 5.74) is 1.02. The van der Waals surface area contributed by atoms with Gasteiger partial charge in [-0.15, -0.1) is 0 Å². The second-order valence-electron chi connectivity index (χ2n) is 4.94. The maximum atomic E-state index is 12.7. The van der Waals surface area contributed by atoms with Crippen molar-refractivity contribution in [1.29, 1.82) is 0 Å². The Balaban J connectivity index is 1.73. The third-order valence-corrected chi connectivity index (χ3v) is 3.32. The summed E-state index contributed by atoms with van der Waals surface area (Å²) in [6, 6.07) is 6.23. The molecule has 19 heavy (non-hydrogen) atoms. The number of hydrogen-bond donors (Lipinski definition) is 2. The Labute approximate surface area is 113 Å². The average molecular weight is 265 g/mol. The number of carbonyl (C=O) groups excluding carboxylic acids is 1. The van der Waals surface area contributed by atoms with E-state index in [9.17, 15) is 9.18 Å². The molecule has 1 aliphatic heterocycles. The quantitative estimate of drug-likeness (QED) is 0.827. The van der Waals surface area contributed by atoms with Gasteiger partial charge in [0.25, 0.3) is 0 Å². The van der Waals surface area contributed by atoms with Gasteiger partial charge in [0.15, 0.2) is 0 Å². The fourth-order valence-corrected chi connectivity index (χ4v) is 2.18. The molecule has 0 spiro atoms. The van der Waals surface area contributed by atoms with Crippen molar-refractivity contribution in [2.75, 3.05) is 33.2 Å². The van der Waals surface area contributed by atoms with Crippen LogP contribution in [0.1, 0.15) is 5.56 Å². The van der Waals surface area contributed by atoms with Crippen LogP contribution in [0.5, 0.6) is 0 Å². The SMILES string of the molecule is CN1CCNC(C(=O)NCCc2ccc(F)cc2)C1. The Kier molecular flexibility index (Phi) is 4.87. The lowest BCUT2D eigenvalue weighted by Gasteiger charge is -2.29. The number of likely N-dealkylation sites (N-methyl/N-ethyl adjacent to an activating group) is 1. The summed E-state index contributed by atoms with van der Waals surface area (Å²) < 4.78 is 12.7. The summed E-state index contributed by atoms with van der Waals surface area (Å²) >= 11 is 0. The van der Waals surface area contributed by atoms with Crippen LogP contribution in [0.3, 0.4) is 0 Å². The van der Waals surface area contributed by atoms with E-state index in [0.29, 0.717) is 13.0 Å². The molecular weight excluding hydrogens is 245 g/mol. The molecule has 104 valence electrons. The molecule has 0 saturated carbocycles. The number of rotatable bonds is 4. The topological polar surface area (TPSA) is 44.4 Å². The molecule has 1 atom stereocenters. The van der Waals surface area contributed by atoms with E-state index >= 15 is 0 Å². The second-order valence-corrected chi connectivity index (χ2v) is 4.94. The molecule has 1 aromatic rings. The molecule has 0 radical (unpaired) electrons. The molecule has 1 saturated heterocycles. The van der Waals surface area contributed by atoms with E-state index in [4.69, 9.17) is 0 Å². The van der Waals surface area contributed by atoms with Crippen LogP contribution >= 0.6 is 0 Å². The Hall–Kier alpha value is -1.46. The molecule has 0 bridgehead atoms. The Morgan fingerprint density at radius 1 is 1.47 bits per heavy atom. The van der Waals surface area contributed by atoms with E-state index in [1.807, 2.05) is 7.05 Å². The van der Waals surface area contributed by atoms with Gasteiger partial charge in [-0.05, 0) is 31.2 Å². The summed E-state index contributed by atoms with van der Waals surface area (Å²) in [5, 5.41) is 6.12. The molecule has 1 heterocycles. The Morgan fingerprint density at radius 2 is 2.21 bits per heavy atom. The number of piperazine rings is 1. The number of hydrogen-bond acceptors (Lipinski definition) is 3. The van der Waals surface area contributed by atoms with Crippen LogP contribution in [0.4, 0.5) is 4.39 Å². The van der Waals surface area contributed by atoms with Crippen molar-refractivity contribution in [3.63, 3.8) is 0 Å². The molecule has 5 heteroatoms. The normalized spacial score (nSPS) is 20.2. The van der Waals surface area contributed by atoms with Crippen molar-refractivity contribution >= 4 is 5.91 Å². The second kappa shape index (κ2) is 6.63. The lowest BCUT2D eigenvalue weighted by atomic mass is 10.1. The fourth-order valence-electron chi connectivity index (χ4n) is 2.18. The van der Waals surface area contributed by atoms with Crippen LogP contribution in [-0.4, -0.2) is 50.1 Å². The molecular formula is C14H20FN3O. The lowest BCUT2D eigenvalue weighted by molar-refractivity contribution is -0.124. The van der Waals surface area contributed by atoms with Gasteiger partial charge in [0, 0.05) is 26.2 Å². The first-order chi connectivity index (χ1) is 9.15. The zero-order valence-electron chi connectivity index (χ0n) is 11.2. The smallest absolute Gasteiger partial charge is 0.238 e. The Bertz CT molecular complexity index is 421. The highest BCUT2D eigenvalue weighted by molar-refractivity contribution is 5.82. The maximum absolute atomic E-state index is 12.7. The number of benzene rings is 1. The van der Waals surface area contributed by atoms with Gasteiger partial charge in [-0.3, -0.25) is 4.79 Å². The number of nitrogens with zero attached hydrogens (tertiary/aromatic N) is 1. The minimum Gasteiger partial charge on any atom is -0.354 e. The molecule has 1 aliphatic rings. The average Bonchev–Trinajstić information content (AvgIpc) is 2.41. The molecule has 1 aromatic carbocycles. The first-order valence-electron chi connectivity index (χ1n) is 6.59. The van der Waals surface area contributed by atoms with E-state index in [2.05, 4.69) is 15.5 Å². The molecule has 4 nitrogen and oxygen atoms in total. The fraction of sp³-hybridized carbons (Fsp3) is 0.500. The van der Waals surface area contributed by atoms with E-state index in [1.165, 1.54) is 12.1 Å². The van der Waals surface area contributed by atoms with Gasteiger partial charge in [0.05, 0.1) is 6.04 Å². The van der Waals surface area contributed by atoms with Crippen LogP contribution in [0.2, 0.25) is 0 Å². The van der Waals surface area contributed by atoms with E-state index in [1.54, 1.807) is 12.1 Å². The number of halogens is 1. The van der Waals surface area contributed by atoms with Gasteiger partial charge < -0.3 is 15.5 Å². The van der Waals surface area contributed by atoms with Crippen molar-refractivity contribution in [3.8, 4) is 0 Å². The van der Waals surface area contributed by atoms with Crippen molar-refractivity contribution in [1.82, 2.24) is 15.5 Å². The largest absolute Gasteiger partial charge is 0.354 e. The number of nitrogens with one attached hydrogen (secondary N) is 2. The van der Waals surface area contributed by atoms with Crippen molar-refractivity contribution in [3.05, 3.63) is 35.6 Å². The molecule has 1 unspecified atom stereocenters. The van der Waals surface area contributed by atoms with Crippen LogP contribution < -0.4 is 10.6 Å². The zero-order chi connectivity index (χ0) is 13.7. The van der Waals surface area contributed by atoms with Crippen molar-refractivity contribution in [2.45, 2.75) is 12.5 Å². The zero-order valence-corrected chi connectivity index (χ0v) is 11.2. The minimum absolute atomic E-state index is 0.0358. The van der Waals surface area contributed by atoms with Gasteiger partial charge in [-0.25, -0.2) is 4.39 Å². The summed E-state index contributed by atoms with van der Waals surface area (Å²) in [5.74, 6) is -0.198. The third kappa shape index (κ3) is 4.29. The van der Waals surface area contributed by atoms with E-state index in [-0.39, 0.29) is 17.8 Å². The molecule has 1 fully saturated rings. The molecule has 0 aliphatic carbocycles. The summed E-state index contributed by atoms with van der Waals surface area (Å²) in [6.45, 7) is 3.13. The summed E-state index contributed by atoms with van der Waals surface area (Å²) in [4.78, 5) is 14.1. The predicted molar refractivity (Wildman–Crippen MR) is 72.4 cm³/mol. The first kappa shape index (κ1) is 14.0. The third-order valence-electron chi connectivity index (χ3n) is 3.32. The molecule has 0 aromatic heterocycles. The van der Waals surface area contributed by atoms with E-state index < -0.39 is 0 Å². The van der Waals surface area contributed by atoms with Gasteiger partial charge in [-0.1, -0.05) is 12.1 Å². The monoisotopic (exact) mass is 265 g/mol. The highest BCUT2D eigenvalue weighted by Crippen LogP contribution is 2.03. The van der Waals surface area contributed by atoms with Crippen LogP contribution in [-0.2, 0) is 11.2 Å². The van der Waals surface area contributed by atoms with Gasteiger partial charge in [0.1, 0.15) is 5.82 Å². The summed E-state index contributed by atoms with van der Waals surface area (Å²) in [6.07, 6.45) is 0.717. The molecule has 2 N–H and O–H groups in total. The van der Waals surface area contributed by atoms with Crippen LogP contribution in [0, 0.1) is 5.82 Å². The maximum Gasteiger partial charge on any atom is 0.238 e. The van der Waals surface area contributed by atoms with Crippen LogP contribution in [0.25, 0.3) is 0 Å². The number of carbonyl (C=O) groups is 1. The minimum atomic E-state index is -0.234. The first-order valence-corrected chi connectivity index (χ1v) is 6.59. The lowest BCUT2D eigenvalue weighted by Crippen LogP contribution is -2.56. The van der Waals surface area contributed by atoms with Gasteiger partial charge >= 0.3 is 0 Å². The number of amides is 1. The molecule has 2 rings (SSSR count). The van der Waals surface area contributed by atoms with Gasteiger partial charge in [0.2, 0.25) is 5.91 Å². The van der Waals surface area contributed by atoms with Crippen molar-refractivity contribution in [2.24, 2.45) is 0 Å². The Morgan fingerprint density at radius 3 is 2.89 bits per heavy atom. The predicted octanol–water partition coefficient (Wildman–Crippen LogP) is 0.388. The standard InChI is InChI=1S/C14H20FN3O/c1-18-9-8-16-13(10-18)14(19)17-7-6-11-2-4-12(15)5-3-11/h2-5,13,16H,6-10H2,1H3,(H,17,19). The van der Waals surface area contributed by atoms with Crippen LogP contribution in [0.15, 0.2) is 24.3 Å². The highest BCUT2D eigenvalue weighted by atomic mass is 19.1.